The number of hydrogen-bond donors (Lipinski definition) is 1. The summed E-state index contributed by atoms with van der Waals surface area (Å²) in [6.07, 6.45) is 2.29. The van der Waals surface area contributed by atoms with Crippen LogP contribution in [0.25, 0.3) is 0 Å². The van der Waals surface area contributed by atoms with Crippen molar-refractivity contribution >= 4 is 11.7 Å². The van der Waals surface area contributed by atoms with Crippen molar-refractivity contribution in [1.29, 1.82) is 0 Å². The number of aryl methyl sites for hydroxylation is 3. The SMILES string of the molecule is CCc1conc1NC(=O)c1c[c-]c(C)[c-]c1C.[V].[Y]. The number of carbonyl (C=O) groups is 1. The zero-order valence-electron chi connectivity index (χ0n) is 11.7. The van der Waals surface area contributed by atoms with Crippen LogP contribution in [0.3, 0.4) is 0 Å². The summed E-state index contributed by atoms with van der Waals surface area (Å²) in [5, 5.41) is 6.51. The van der Waals surface area contributed by atoms with Crippen molar-refractivity contribution in [2.24, 2.45) is 0 Å². The van der Waals surface area contributed by atoms with Crippen molar-refractivity contribution in [3.8, 4) is 0 Å². The molecule has 1 N–H and O–H groups in total. The first-order valence-corrected chi connectivity index (χ1v) is 5.77. The Balaban J connectivity index is 0.00000180. The molecule has 0 aliphatic heterocycles. The average molecular weight is 382 g/mol. The van der Waals surface area contributed by atoms with Crippen LogP contribution in [0.5, 0.6) is 0 Å². The maximum Gasteiger partial charge on any atom is 0.177 e. The van der Waals surface area contributed by atoms with Gasteiger partial charge in [0.25, 0.3) is 0 Å². The standard InChI is InChI=1S/C14H14N2O2.V.Y/c1-4-11-8-18-16-13(11)15-14(17)12-6-5-9(2)7-10(12)3;;/h6,8H,4H2,1-3H3,(H,15,16,17);;/q-2;;. The predicted molar refractivity (Wildman–Crippen MR) is 67.4 cm³/mol. The van der Waals surface area contributed by atoms with Crippen LogP contribution in [0.4, 0.5) is 5.82 Å². The van der Waals surface area contributed by atoms with Crippen LogP contribution in [0.2, 0.25) is 0 Å². The molecular weight excluding hydrogens is 368 g/mol. The van der Waals surface area contributed by atoms with Crippen molar-refractivity contribution in [2.75, 3.05) is 5.32 Å². The Morgan fingerprint density at radius 2 is 2.15 bits per heavy atom. The van der Waals surface area contributed by atoms with E-state index in [1.807, 2.05) is 20.8 Å². The van der Waals surface area contributed by atoms with E-state index in [-0.39, 0.29) is 57.2 Å². The predicted octanol–water partition coefficient (Wildman–Crippen LogP) is 2.70. The second kappa shape index (κ2) is 8.78. The summed E-state index contributed by atoms with van der Waals surface area (Å²) in [7, 11) is 0. The second-order valence-electron chi connectivity index (χ2n) is 4.07. The first kappa shape index (κ1) is 19.6. The molecule has 0 aliphatic rings. The van der Waals surface area contributed by atoms with E-state index in [0.717, 1.165) is 23.1 Å². The minimum Gasteiger partial charge on any atom is -0.362 e. The molecular formula is C14H14N2O2VY-2. The number of aromatic nitrogens is 1. The Morgan fingerprint density at radius 1 is 1.45 bits per heavy atom. The summed E-state index contributed by atoms with van der Waals surface area (Å²) in [5.74, 6) is 0.256. The molecule has 2 radical (unpaired) electrons. The van der Waals surface area contributed by atoms with Gasteiger partial charge in [0.15, 0.2) is 5.82 Å². The fourth-order valence-corrected chi connectivity index (χ4v) is 1.70. The molecule has 20 heavy (non-hydrogen) atoms. The smallest absolute Gasteiger partial charge is 0.177 e. The third-order valence-electron chi connectivity index (χ3n) is 2.71. The summed E-state index contributed by atoms with van der Waals surface area (Å²) in [5.41, 5.74) is 3.11. The van der Waals surface area contributed by atoms with Gasteiger partial charge in [0.1, 0.15) is 12.2 Å². The maximum absolute atomic E-state index is 12.1. The van der Waals surface area contributed by atoms with E-state index >= 15 is 0 Å². The van der Waals surface area contributed by atoms with Crippen LogP contribution < -0.4 is 5.32 Å². The molecule has 6 heteroatoms. The molecule has 2 aromatic rings. The molecule has 4 nitrogen and oxygen atoms in total. The van der Waals surface area contributed by atoms with Crippen LogP contribution in [0.1, 0.15) is 34.0 Å². The molecule has 0 bridgehead atoms. The molecule has 0 unspecified atom stereocenters. The van der Waals surface area contributed by atoms with Crippen molar-refractivity contribution in [1.82, 2.24) is 5.16 Å². The van der Waals surface area contributed by atoms with E-state index in [2.05, 4.69) is 22.6 Å². The topological polar surface area (TPSA) is 55.1 Å². The molecule has 2 rings (SSSR count). The van der Waals surface area contributed by atoms with E-state index in [4.69, 9.17) is 4.52 Å². The van der Waals surface area contributed by atoms with Gasteiger partial charge in [-0.2, -0.15) is 5.56 Å². The summed E-state index contributed by atoms with van der Waals surface area (Å²) in [4.78, 5) is 12.1. The van der Waals surface area contributed by atoms with Gasteiger partial charge in [-0.1, -0.05) is 25.9 Å². The number of benzene rings is 1. The third-order valence-corrected chi connectivity index (χ3v) is 2.71. The number of amides is 1. The molecule has 0 saturated carbocycles. The zero-order valence-corrected chi connectivity index (χ0v) is 15.9. The largest absolute Gasteiger partial charge is 0.362 e. The third kappa shape index (κ3) is 4.56. The van der Waals surface area contributed by atoms with Crippen molar-refractivity contribution in [2.45, 2.75) is 27.2 Å². The van der Waals surface area contributed by atoms with Gasteiger partial charge >= 0.3 is 0 Å². The Hall–Kier alpha value is -0.412. The van der Waals surface area contributed by atoms with Gasteiger partial charge in [-0.25, -0.2) is 0 Å². The van der Waals surface area contributed by atoms with E-state index < -0.39 is 0 Å². The average Bonchev–Trinajstić information content (AvgIpc) is 2.76. The number of rotatable bonds is 3. The van der Waals surface area contributed by atoms with E-state index in [1.165, 1.54) is 6.26 Å². The van der Waals surface area contributed by atoms with E-state index in [0.29, 0.717) is 11.4 Å². The first-order chi connectivity index (χ1) is 8.61. The van der Waals surface area contributed by atoms with Crippen molar-refractivity contribution in [3.63, 3.8) is 0 Å². The monoisotopic (exact) mass is 382 g/mol. The summed E-state index contributed by atoms with van der Waals surface area (Å²) < 4.78 is 4.84. The number of carbonyl (C=O) groups excluding carboxylic acids is 1. The molecule has 0 saturated heterocycles. The molecule has 0 spiro atoms. The normalized spacial score (nSPS) is 9.35. The summed E-state index contributed by atoms with van der Waals surface area (Å²) in [6, 6.07) is 7.71. The molecule has 102 valence electrons. The second-order valence-corrected chi connectivity index (χ2v) is 4.07. The van der Waals surface area contributed by atoms with E-state index in [9.17, 15) is 4.79 Å². The minimum atomic E-state index is -0.219. The van der Waals surface area contributed by atoms with Crippen LogP contribution in [-0.2, 0) is 57.7 Å². The van der Waals surface area contributed by atoms with Gasteiger partial charge in [0.2, 0.25) is 0 Å². The van der Waals surface area contributed by atoms with Gasteiger partial charge in [-0.05, 0) is 6.42 Å². The van der Waals surface area contributed by atoms with Gasteiger partial charge in [-0.3, -0.25) is 22.0 Å². The first-order valence-electron chi connectivity index (χ1n) is 5.77. The van der Waals surface area contributed by atoms with Crippen LogP contribution in [0.15, 0.2) is 16.9 Å². The molecule has 1 aromatic carbocycles. The molecule has 1 aromatic heterocycles. The minimum absolute atomic E-state index is 0. The number of anilines is 1. The Bertz CT molecular complexity index is 584. The summed E-state index contributed by atoms with van der Waals surface area (Å²) >= 11 is 0. The molecule has 0 aliphatic carbocycles. The summed E-state index contributed by atoms with van der Waals surface area (Å²) in [6.45, 7) is 5.71. The molecule has 1 heterocycles. The van der Waals surface area contributed by atoms with Gasteiger partial charge < -0.3 is 22.0 Å². The fourth-order valence-electron chi connectivity index (χ4n) is 1.70. The number of nitrogens with zero attached hydrogens (tertiary/aromatic N) is 1. The van der Waals surface area contributed by atoms with Crippen LogP contribution in [0, 0.1) is 26.0 Å². The molecule has 0 atom stereocenters. The zero-order chi connectivity index (χ0) is 13.1. The number of hydrogen-bond acceptors (Lipinski definition) is 3. The van der Waals surface area contributed by atoms with E-state index in [1.54, 1.807) is 6.07 Å². The number of nitrogens with one attached hydrogen (secondary N) is 1. The quantitative estimate of drug-likeness (QED) is 0.831. The maximum atomic E-state index is 12.1. The van der Waals surface area contributed by atoms with Crippen LogP contribution in [-0.4, -0.2) is 11.1 Å². The Morgan fingerprint density at radius 3 is 2.75 bits per heavy atom. The van der Waals surface area contributed by atoms with Gasteiger partial charge in [0.05, 0.1) is 0 Å². The Kier molecular flexibility index (Phi) is 8.60. The van der Waals surface area contributed by atoms with Gasteiger partial charge in [-0.15, -0.1) is 0 Å². The van der Waals surface area contributed by atoms with Crippen molar-refractivity contribution < 1.29 is 60.6 Å². The van der Waals surface area contributed by atoms with Crippen molar-refractivity contribution in [3.05, 3.63) is 46.7 Å². The Labute approximate surface area is 155 Å². The molecule has 0 fully saturated rings. The molecule has 1 amide bonds. The van der Waals surface area contributed by atoms with Gasteiger partial charge in [0, 0.05) is 56.8 Å². The fraction of sp³-hybridized carbons (Fsp3) is 0.286. The van der Waals surface area contributed by atoms with Crippen LogP contribution >= 0.6 is 0 Å².